The average molecular weight is 305 g/mol. The molecule has 0 spiro atoms. The van der Waals surface area contributed by atoms with E-state index in [1.165, 1.54) is 0 Å². The van der Waals surface area contributed by atoms with Gasteiger partial charge in [-0.15, -0.1) is 12.4 Å². The van der Waals surface area contributed by atoms with Crippen LogP contribution >= 0.6 is 12.4 Å². The van der Waals surface area contributed by atoms with Crippen molar-refractivity contribution in [2.45, 2.75) is 24.8 Å². The highest BCUT2D eigenvalue weighted by atomic mass is 35.5. The third-order valence-electron chi connectivity index (χ3n) is 4.04. The number of nitrogens with two attached hydrogens (primary N) is 1. The topological polar surface area (TPSA) is 69.2 Å². The lowest BCUT2D eigenvalue weighted by molar-refractivity contribution is -0.385. The molecule has 0 heterocycles. The summed E-state index contributed by atoms with van der Waals surface area (Å²) in [6, 6.07) is 15.1. The van der Waals surface area contributed by atoms with Crippen molar-refractivity contribution in [1.82, 2.24) is 0 Å². The molecule has 0 saturated carbocycles. The maximum absolute atomic E-state index is 10.9. The van der Waals surface area contributed by atoms with Gasteiger partial charge in [0, 0.05) is 17.7 Å². The maximum atomic E-state index is 10.9. The molecule has 3 rings (SSSR count). The standard InChI is InChI=1S/C16H16N2O2.ClH/c17-16(11-12-4-2-1-3-5-12)9-8-13-6-7-14(18(19)20)10-15(13)16;/h1-7,10H,8-9,11,17H2;1H. The van der Waals surface area contributed by atoms with Gasteiger partial charge in [0.2, 0.25) is 0 Å². The molecule has 1 unspecified atom stereocenters. The van der Waals surface area contributed by atoms with Crippen LogP contribution in [-0.2, 0) is 18.4 Å². The molecular formula is C16H17ClN2O2. The smallest absolute Gasteiger partial charge is 0.269 e. The van der Waals surface area contributed by atoms with Crippen LogP contribution in [0.5, 0.6) is 0 Å². The van der Waals surface area contributed by atoms with Gasteiger partial charge < -0.3 is 5.73 Å². The summed E-state index contributed by atoms with van der Waals surface area (Å²) in [5, 5.41) is 10.9. The minimum absolute atomic E-state index is 0. The van der Waals surface area contributed by atoms with Gasteiger partial charge in [0.05, 0.1) is 4.92 Å². The molecule has 5 heteroatoms. The summed E-state index contributed by atoms with van der Waals surface area (Å²) in [7, 11) is 0. The van der Waals surface area contributed by atoms with Gasteiger partial charge >= 0.3 is 0 Å². The molecule has 0 bridgehead atoms. The third kappa shape index (κ3) is 2.91. The summed E-state index contributed by atoms with van der Waals surface area (Å²) in [6.45, 7) is 0. The first-order valence-electron chi connectivity index (χ1n) is 6.69. The first kappa shape index (κ1) is 15.5. The Morgan fingerprint density at radius 1 is 1.19 bits per heavy atom. The van der Waals surface area contributed by atoms with Crippen LogP contribution in [0.1, 0.15) is 23.1 Å². The molecule has 1 aliphatic rings. The number of hydrogen-bond acceptors (Lipinski definition) is 3. The molecule has 21 heavy (non-hydrogen) atoms. The number of nitrogens with zero attached hydrogens (tertiary/aromatic N) is 1. The van der Waals surface area contributed by atoms with Crippen molar-refractivity contribution in [1.29, 1.82) is 0 Å². The molecule has 0 aromatic heterocycles. The second-order valence-corrected chi connectivity index (χ2v) is 5.42. The first-order valence-corrected chi connectivity index (χ1v) is 6.69. The van der Waals surface area contributed by atoms with E-state index in [4.69, 9.17) is 5.73 Å². The van der Waals surface area contributed by atoms with Crippen LogP contribution in [-0.4, -0.2) is 4.92 Å². The van der Waals surface area contributed by atoms with Crippen molar-refractivity contribution in [3.63, 3.8) is 0 Å². The Hall–Kier alpha value is -1.91. The van der Waals surface area contributed by atoms with E-state index in [1.54, 1.807) is 12.1 Å². The van der Waals surface area contributed by atoms with Crippen molar-refractivity contribution in [2.24, 2.45) is 5.73 Å². The zero-order valence-electron chi connectivity index (χ0n) is 11.5. The van der Waals surface area contributed by atoms with E-state index in [2.05, 4.69) is 0 Å². The van der Waals surface area contributed by atoms with E-state index in [9.17, 15) is 10.1 Å². The fourth-order valence-corrected chi connectivity index (χ4v) is 3.00. The van der Waals surface area contributed by atoms with Gasteiger partial charge in [0.15, 0.2) is 0 Å². The van der Waals surface area contributed by atoms with Crippen molar-refractivity contribution in [3.05, 3.63) is 75.3 Å². The van der Waals surface area contributed by atoms with Gasteiger partial charge in [-0.25, -0.2) is 0 Å². The molecule has 2 aromatic carbocycles. The van der Waals surface area contributed by atoms with Crippen LogP contribution in [0.25, 0.3) is 0 Å². The van der Waals surface area contributed by atoms with E-state index in [0.29, 0.717) is 6.42 Å². The van der Waals surface area contributed by atoms with Gasteiger partial charge in [-0.1, -0.05) is 36.4 Å². The lowest BCUT2D eigenvalue weighted by Crippen LogP contribution is -2.36. The number of fused-ring (bicyclic) bond motifs is 1. The molecule has 0 saturated heterocycles. The fraction of sp³-hybridized carbons (Fsp3) is 0.250. The van der Waals surface area contributed by atoms with Crippen LogP contribution in [0.4, 0.5) is 5.69 Å². The predicted octanol–water partition coefficient (Wildman–Crippen LogP) is 3.36. The molecule has 1 aliphatic carbocycles. The highest BCUT2D eigenvalue weighted by Gasteiger charge is 2.36. The molecule has 1 atom stereocenters. The number of hydrogen-bond donors (Lipinski definition) is 1. The van der Waals surface area contributed by atoms with Gasteiger partial charge in [0.1, 0.15) is 0 Å². The van der Waals surface area contributed by atoms with Crippen LogP contribution in [0.2, 0.25) is 0 Å². The second kappa shape index (κ2) is 5.84. The van der Waals surface area contributed by atoms with E-state index in [0.717, 1.165) is 29.5 Å². The van der Waals surface area contributed by atoms with Gasteiger partial charge in [0.25, 0.3) is 5.69 Å². The number of halogens is 1. The predicted molar refractivity (Wildman–Crippen MR) is 84.7 cm³/mol. The molecule has 2 aromatic rings. The third-order valence-corrected chi connectivity index (χ3v) is 4.04. The second-order valence-electron chi connectivity index (χ2n) is 5.42. The Morgan fingerprint density at radius 3 is 2.57 bits per heavy atom. The molecule has 110 valence electrons. The molecule has 0 amide bonds. The Kier molecular flexibility index (Phi) is 4.30. The zero-order chi connectivity index (χ0) is 14.2. The summed E-state index contributed by atoms with van der Waals surface area (Å²) < 4.78 is 0. The lowest BCUT2D eigenvalue weighted by atomic mass is 9.86. The van der Waals surface area contributed by atoms with Crippen LogP contribution in [0.15, 0.2) is 48.5 Å². The SMILES string of the molecule is Cl.NC1(Cc2ccccc2)CCc2ccc([N+](=O)[O-])cc21. The van der Waals surface area contributed by atoms with Gasteiger partial charge in [-0.3, -0.25) is 10.1 Å². The summed E-state index contributed by atoms with van der Waals surface area (Å²) >= 11 is 0. The fourth-order valence-electron chi connectivity index (χ4n) is 3.00. The normalized spacial score (nSPS) is 19.7. The Morgan fingerprint density at radius 2 is 1.90 bits per heavy atom. The molecule has 0 fully saturated rings. The number of nitro benzene ring substituents is 1. The quantitative estimate of drug-likeness (QED) is 0.698. The van der Waals surface area contributed by atoms with Crippen molar-refractivity contribution in [2.75, 3.05) is 0 Å². The Labute approximate surface area is 129 Å². The largest absolute Gasteiger partial charge is 0.321 e. The molecule has 4 nitrogen and oxygen atoms in total. The summed E-state index contributed by atoms with van der Waals surface area (Å²) in [4.78, 5) is 10.6. The highest BCUT2D eigenvalue weighted by Crippen LogP contribution is 2.39. The summed E-state index contributed by atoms with van der Waals surface area (Å²) in [5.74, 6) is 0. The highest BCUT2D eigenvalue weighted by molar-refractivity contribution is 5.85. The number of aryl methyl sites for hydroxylation is 1. The van der Waals surface area contributed by atoms with Gasteiger partial charge in [-0.05, 0) is 36.0 Å². The van der Waals surface area contributed by atoms with Crippen LogP contribution in [0.3, 0.4) is 0 Å². The molecule has 0 aliphatic heterocycles. The summed E-state index contributed by atoms with van der Waals surface area (Å²) in [6.07, 6.45) is 2.43. The molecule has 0 radical (unpaired) electrons. The lowest BCUT2D eigenvalue weighted by Gasteiger charge is -2.25. The van der Waals surface area contributed by atoms with Crippen LogP contribution < -0.4 is 5.73 Å². The van der Waals surface area contributed by atoms with E-state index in [-0.39, 0.29) is 23.0 Å². The minimum Gasteiger partial charge on any atom is -0.321 e. The minimum atomic E-state index is -0.497. The summed E-state index contributed by atoms with van der Waals surface area (Å²) in [5.41, 5.74) is 9.39. The monoisotopic (exact) mass is 304 g/mol. The van der Waals surface area contributed by atoms with E-state index in [1.807, 2.05) is 36.4 Å². The molecular weight excluding hydrogens is 288 g/mol. The maximum Gasteiger partial charge on any atom is 0.269 e. The Balaban J connectivity index is 0.00000161. The van der Waals surface area contributed by atoms with Crippen molar-refractivity contribution < 1.29 is 4.92 Å². The van der Waals surface area contributed by atoms with Crippen LogP contribution in [0, 0.1) is 10.1 Å². The number of nitro groups is 1. The van der Waals surface area contributed by atoms with Crippen molar-refractivity contribution >= 4 is 18.1 Å². The zero-order valence-corrected chi connectivity index (χ0v) is 12.3. The van der Waals surface area contributed by atoms with Crippen molar-refractivity contribution in [3.8, 4) is 0 Å². The number of rotatable bonds is 3. The first-order chi connectivity index (χ1) is 9.58. The van der Waals surface area contributed by atoms with E-state index >= 15 is 0 Å². The van der Waals surface area contributed by atoms with E-state index < -0.39 is 5.54 Å². The van der Waals surface area contributed by atoms with Gasteiger partial charge in [-0.2, -0.15) is 0 Å². The number of benzene rings is 2. The Bertz CT molecular complexity index is 661. The number of non-ortho nitro benzene ring substituents is 1. The molecule has 2 N–H and O–H groups in total. The average Bonchev–Trinajstić information content (AvgIpc) is 2.77.